The Labute approximate surface area is 169 Å². The highest BCUT2D eigenvalue weighted by molar-refractivity contribution is 7.98. The number of rotatable bonds is 7. The van der Waals surface area contributed by atoms with E-state index in [1.54, 1.807) is 25.0 Å². The van der Waals surface area contributed by atoms with Crippen molar-refractivity contribution in [1.82, 2.24) is 25.3 Å². The predicted molar refractivity (Wildman–Crippen MR) is 112 cm³/mol. The van der Waals surface area contributed by atoms with Gasteiger partial charge in [0.05, 0.1) is 0 Å². The molecular formula is C20H24N6OS. The molecule has 0 aliphatic heterocycles. The Morgan fingerprint density at radius 3 is 2.71 bits per heavy atom. The second-order valence-corrected chi connectivity index (χ2v) is 7.04. The average molecular weight is 397 g/mol. The number of aromatic nitrogens is 3. The molecule has 0 fully saturated rings. The van der Waals surface area contributed by atoms with Gasteiger partial charge in [0.15, 0.2) is 11.8 Å². The number of hydrogen-bond donors (Lipinski definition) is 1. The number of hydrogen-bond acceptors (Lipinski definition) is 6. The lowest BCUT2D eigenvalue weighted by molar-refractivity contribution is 0.420. The molecule has 0 radical (unpaired) electrons. The first kappa shape index (κ1) is 19.9. The molecule has 7 nitrogen and oxygen atoms in total. The van der Waals surface area contributed by atoms with E-state index in [4.69, 9.17) is 4.52 Å². The summed E-state index contributed by atoms with van der Waals surface area (Å²) in [6.07, 6.45) is 4.41. The van der Waals surface area contributed by atoms with E-state index in [9.17, 15) is 0 Å². The molecule has 0 spiro atoms. The Kier molecular flexibility index (Phi) is 7.02. The zero-order chi connectivity index (χ0) is 19.8. The number of guanidine groups is 1. The van der Waals surface area contributed by atoms with Crippen molar-refractivity contribution in [2.75, 3.05) is 26.9 Å². The maximum Gasteiger partial charge on any atom is 0.276 e. The summed E-state index contributed by atoms with van der Waals surface area (Å²) < 4.78 is 5.29. The van der Waals surface area contributed by atoms with Crippen LogP contribution in [0.15, 0.2) is 63.1 Å². The van der Waals surface area contributed by atoms with Crippen molar-refractivity contribution in [2.24, 2.45) is 4.99 Å². The largest absolute Gasteiger partial charge is 0.356 e. The van der Waals surface area contributed by atoms with Crippen molar-refractivity contribution in [3.8, 4) is 11.6 Å². The third-order valence-corrected chi connectivity index (χ3v) is 4.88. The molecule has 1 N–H and O–H groups in total. The fourth-order valence-electron chi connectivity index (χ4n) is 2.70. The molecule has 0 bridgehead atoms. The molecule has 0 amide bonds. The molecular weight excluding hydrogens is 372 g/mol. The number of aliphatic imine (C=N–C) groups is 1. The summed E-state index contributed by atoms with van der Waals surface area (Å²) in [6, 6.07) is 14.2. The van der Waals surface area contributed by atoms with Crippen molar-refractivity contribution in [3.05, 3.63) is 60.0 Å². The molecule has 0 unspecified atom stereocenters. The second kappa shape index (κ2) is 9.89. The van der Waals surface area contributed by atoms with Crippen LogP contribution in [0.2, 0.25) is 0 Å². The molecule has 0 aliphatic carbocycles. The quantitative estimate of drug-likeness (QED) is 0.373. The van der Waals surface area contributed by atoms with Crippen LogP contribution >= 0.6 is 11.8 Å². The summed E-state index contributed by atoms with van der Waals surface area (Å²) in [5.41, 5.74) is 1.92. The highest BCUT2D eigenvalue weighted by Crippen LogP contribution is 2.16. The van der Waals surface area contributed by atoms with Gasteiger partial charge in [-0.3, -0.25) is 9.98 Å². The van der Waals surface area contributed by atoms with Crippen molar-refractivity contribution in [3.63, 3.8) is 0 Å². The first-order valence-corrected chi connectivity index (χ1v) is 10.2. The van der Waals surface area contributed by atoms with Gasteiger partial charge in [0.25, 0.3) is 5.89 Å². The molecule has 8 heteroatoms. The monoisotopic (exact) mass is 396 g/mol. The molecule has 0 saturated carbocycles. The Balaban J connectivity index is 1.50. The van der Waals surface area contributed by atoms with Crippen molar-refractivity contribution < 1.29 is 4.52 Å². The van der Waals surface area contributed by atoms with Crippen LogP contribution in [0.1, 0.15) is 11.4 Å². The molecule has 0 aliphatic rings. The van der Waals surface area contributed by atoms with Crippen LogP contribution in [0.5, 0.6) is 0 Å². The van der Waals surface area contributed by atoms with E-state index in [1.165, 1.54) is 10.5 Å². The summed E-state index contributed by atoms with van der Waals surface area (Å²) in [5, 5.41) is 7.37. The van der Waals surface area contributed by atoms with Gasteiger partial charge < -0.3 is 14.7 Å². The third-order valence-electron chi connectivity index (χ3n) is 4.14. The zero-order valence-electron chi connectivity index (χ0n) is 16.3. The molecule has 0 saturated heterocycles. The Hall–Kier alpha value is -2.87. The second-order valence-electron chi connectivity index (χ2n) is 6.16. The summed E-state index contributed by atoms with van der Waals surface area (Å²) in [5.74, 6) is 1.90. The fourth-order valence-corrected chi connectivity index (χ4v) is 3.11. The van der Waals surface area contributed by atoms with Crippen molar-refractivity contribution in [2.45, 2.75) is 17.9 Å². The first-order chi connectivity index (χ1) is 13.7. The molecule has 2 heterocycles. The smallest absolute Gasteiger partial charge is 0.276 e. The highest BCUT2D eigenvalue weighted by Gasteiger charge is 2.11. The molecule has 1 aromatic carbocycles. The molecule has 2 aromatic heterocycles. The Morgan fingerprint density at radius 2 is 2.04 bits per heavy atom. The predicted octanol–water partition coefficient (Wildman–Crippen LogP) is 3.10. The van der Waals surface area contributed by atoms with Crippen molar-refractivity contribution in [1.29, 1.82) is 0 Å². The van der Waals surface area contributed by atoms with Gasteiger partial charge in [-0.05, 0) is 36.1 Å². The number of nitrogens with zero attached hydrogens (tertiary/aromatic N) is 5. The SMILES string of the molecule is CN=C(NCCc1noc(-c2ccccn2)n1)N(C)Cc1ccc(SC)cc1. The minimum Gasteiger partial charge on any atom is -0.356 e. The van der Waals surface area contributed by atoms with Gasteiger partial charge in [-0.15, -0.1) is 11.8 Å². The maximum absolute atomic E-state index is 5.29. The highest BCUT2D eigenvalue weighted by atomic mass is 32.2. The van der Waals surface area contributed by atoms with Gasteiger partial charge in [0.1, 0.15) is 5.69 Å². The summed E-state index contributed by atoms with van der Waals surface area (Å²) in [7, 11) is 3.80. The van der Waals surface area contributed by atoms with E-state index in [-0.39, 0.29) is 0 Å². The lowest BCUT2D eigenvalue weighted by Crippen LogP contribution is -2.39. The lowest BCUT2D eigenvalue weighted by atomic mass is 10.2. The third kappa shape index (κ3) is 5.32. The fraction of sp³-hybridized carbons (Fsp3) is 0.300. The molecule has 3 aromatic rings. The number of thioether (sulfide) groups is 1. The Bertz CT molecular complexity index is 895. The van der Waals surface area contributed by atoms with E-state index in [1.807, 2.05) is 25.2 Å². The standard InChI is InChI=1S/C20H24N6OS/c1-21-20(26(2)14-15-7-9-16(28-3)10-8-15)23-13-11-18-24-19(27-25-18)17-6-4-5-12-22-17/h4-10,12H,11,13-14H2,1-3H3,(H,21,23). The first-order valence-electron chi connectivity index (χ1n) is 8.98. The number of benzene rings is 1. The zero-order valence-corrected chi connectivity index (χ0v) is 17.1. The topological polar surface area (TPSA) is 79.4 Å². The van der Waals surface area contributed by atoms with Crippen LogP contribution in [0, 0.1) is 0 Å². The van der Waals surface area contributed by atoms with Gasteiger partial charge in [0.2, 0.25) is 0 Å². The molecule has 28 heavy (non-hydrogen) atoms. The van der Waals surface area contributed by atoms with E-state index in [2.05, 4.69) is 60.9 Å². The summed E-state index contributed by atoms with van der Waals surface area (Å²) >= 11 is 1.74. The van der Waals surface area contributed by atoms with Crippen LogP contribution in [0.3, 0.4) is 0 Å². The molecule has 3 rings (SSSR count). The number of nitrogens with one attached hydrogen (secondary N) is 1. The summed E-state index contributed by atoms with van der Waals surface area (Å²) in [6.45, 7) is 1.43. The average Bonchev–Trinajstić information content (AvgIpc) is 3.21. The normalized spacial score (nSPS) is 11.5. The van der Waals surface area contributed by atoms with Gasteiger partial charge in [-0.25, -0.2) is 0 Å². The van der Waals surface area contributed by atoms with Gasteiger partial charge in [0, 0.05) is 44.7 Å². The summed E-state index contributed by atoms with van der Waals surface area (Å²) in [4.78, 5) is 16.3. The van der Waals surface area contributed by atoms with Crippen LogP contribution in [-0.4, -0.2) is 52.9 Å². The lowest BCUT2D eigenvalue weighted by Gasteiger charge is -2.22. The minimum atomic E-state index is 0.436. The minimum absolute atomic E-state index is 0.436. The van der Waals surface area contributed by atoms with Crippen LogP contribution < -0.4 is 5.32 Å². The molecule has 0 atom stereocenters. The van der Waals surface area contributed by atoms with Crippen molar-refractivity contribution >= 4 is 17.7 Å². The van der Waals surface area contributed by atoms with E-state index in [0.29, 0.717) is 30.4 Å². The van der Waals surface area contributed by atoms with E-state index < -0.39 is 0 Å². The van der Waals surface area contributed by atoms with Crippen LogP contribution in [0.25, 0.3) is 11.6 Å². The maximum atomic E-state index is 5.29. The van der Waals surface area contributed by atoms with E-state index in [0.717, 1.165) is 12.5 Å². The van der Waals surface area contributed by atoms with Gasteiger partial charge >= 0.3 is 0 Å². The van der Waals surface area contributed by atoms with Gasteiger partial charge in [-0.2, -0.15) is 4.98 Å². The molecule has 146 valence electrons. The van der Waals surface area contributed by atoms with Crippen LogP contribution in [0.4, 0.5) is 0 Å². The number of pyridine rings is 1. The Morgan fingerprint density at radius 1 is 1.21 bits per heavy atom. The van der Waals surface area contributed by atoms with E-state index >= 15 is 0 Å². The van der Waals surface area contributed by atoms with Crippen LogP contribution in [-0.2, 0) is 13.0 Å². The van der Waals surface area contributed by atoms with Gasteiger partial charge in [-0.1, -0.05) is 23.4 Å².